The zero-order valence-corrected chi connectivity index (χ0v) is 11.8. The largest absolute Gasteiger partial charge is 0.497 e. The van der Waals surface area contributed by atoms with Crippen molar-refractivity contribution in [1.29, 1.82) is 0 Å². The van der Waals surface area contributed by atoms with Gasteiger partial charge >= 0.3 is 0 Å². The van der Waals surface area contributed by atoms with Crippen molar-refractivity contribution in [1.82, 2.24) is 9.62 Å². The lowest BCUT2D eigenvalue weighted by atomic mass is 10.3. The smallest absolute Gasteiger partial charge is 0.240 e. The molecule has 0 aliphatic heterocycles. The van der Waals surface area contributed by atoms with Gasteiger partial charge in [-0.3, -0.25) is 0 Å². The Labute approximate surface area is 109 Å². The molecule has 0 aromatic heterocycles. The molecular weight excluding hydrogens is 252 g/mol. The van der Waals surface area contributed by atoms with Crippen molar-refractivity contribution in [2.75, 3.05) is 34.3 Å². The molecule has 0 amide bonds. The van der Waals surface area contributed by atoms with E-state index in [2.05, 4.69) is 4.72 Å². The van der Waals surface area contributed by atoms with Gasteiger partial charge in [0.05, 0.1) is 12.0 Å². The van der Waals surface area contributed by atoms with Crippen LogP contribution in [0.25, 0.3) is 0 Å². The van der Waals surface area contributed by atoms with Gasteiger partial charge in [0.2, 0.25) is 10.0 Å². The fourth-order valence-corrected chi connectivity index (χ4v) is 2.56. The number of methoxy groups -OCH3 is 1. The molecule has 0 atom stereocenters. The van der Waals surface area contributed by atoms with E-state index in [9.17, 15) is 8.42 Å². The molecule has 1 aromatic rings. The molecule has 1 N–H and O–H groups in total. The van der Waals surface area contributed by atoms with Gasteiger partial charge in [-0.05, 0) is 39.2 Å². The van der Waals surface area contributed by atoms with E-state index in [0.717, 1.165) is 13.0 Å². The van der Waals surface area contributed by atoms with E-state index in [-0.39, 0.29) is 4.90 Å². The van der Waals surface area contributed by atoms with Crippen LogP contribution in [-0.4, -0.2) is 47.6 Å². The fourth-order valence-electron chi connectivity index (χ4n) is 1.45. The summed E-state index contributed by atoms with van der Waals surface area (Å²) >= 11 is 0. The van der Waals surface area contributed by atoms with Crippen LogP contribution in [-0.2, 0) is 10.0 Å². The second-order valence-electron chi connectivity index (χ2n) is 4.23. The average molecular weight is 272 g/mol. The molecule has 0 aliphatic carbocycles. The number of benzene rings is 1. The molecule has 0 saturated carbocycles. The van der Waals surface area contributed by atoms with Gasteiger partial charge in [-0.1, -0.05) is 6.07 Å². The molecule has 1 aromatic carbocycles. The minimum atomic E-state index is -3.44. The maximum Gasteiger partial charge on any atom is 0.240 e. The summed E-state index contributed by atoms with van der Waals surface area (Å²) in [5.41, 5.74) is 0. The predicted molar refractivity (Wildman–Crippen MR) is 71.4 cm³/mol. The standard InChI is InChI=1S/C12H20N2O3S/c1-14(2)9-5-8-13-18(15,16)12-7-4-6-11(10-12)17-3/h4,6-7,10,13H,5,8-9H2,1-3H3. The minimum absolute atomic E-state index is 0.228. The van der Waals surface area contributed by atoms with E-state index in [1.54, 1.807) is 18.2 Å². The Morgan fingerprint density at radius 2 is 2.06 bits per heavy atom. The third-order valence-corrected chi connectivity index (χ3v) is 3.88. The molecular formula is C12H20N2O3S. The van der Waals surface area contributed by atoms with E-state index in [1.165, 1.54) is 13.2 Å². The van der Waals surface area contributed by atoms with E-state index in [4.69, 9.17) is 4.74 Å². The Balaban J connectivity index is 2.62. The van der Waals surface area contributed by atoms with Crippen LogP contribution in [0.15, 0.2) is 29.2 Å². The molecule has 18 heavy (non-hydrogen) atoms. The molecule has 0 radical (unpaired) electrons. The van der Waals surface area contributed by atoms with Gasteiger partial charge in [0.1, 0.15) is 5.75 Å². The fraction of sp³-hybridized carbons (Fsp3) is 0.500. The SMILES string of the molecule is COc1cccc(S(=O)(=O)NCCCN(C)C)c1. The predicted octanol–water partition coefficient (Wildman–Crippen LogP) is 0.925. The zero-order chi connectivity index (χ0) is 13.6. The van der Waals surface area contributed by atoms with Crippen molar-refractivity contribution in [3.05, 3.63) is 24.3 Å². The third-order valence-electron chi connectivity index (χ3n) is 2.43. The number of sulfonamides is 1. The molecule has 0 spiro atoms. The molecule has 0 fully saturated rings. The first kappa shape index (κ1) is 14.9. The molecule has 102 valence electrons. The summed E-state index contributed by atoms with van der Waals surface area (Å²) in [6.45, 7) is 1.28. The topological polar surface area (TPSA) is 58.6 Å². The number of nitrogens with one attached hydrogen (secondary N) is 1. The maximum atomic E-state index is 12.0. The number of ether oxygens (including phenoxy) is 1. The van der Waals surface area contributed by atoms with Crippen LogP contribution in [0.4, 0.5) is 0 Å². The Hall–Kier alpha value is -1.11. The van der Waals surface area contributed by atoms with Crippen molar-refractivity contribution in [2.24, 2.45) is 0 Å². The molecule has 5 nitrogen and oxygen atoms in total. The Bertz CT molecular complexity index is 472. The molecule has 0 bridgehead atoms. The first-order valence-corrected chi connectivity index (χ1v) is 7.22. The second kappa shape index (κ2) is 6.72. The van der Waals surface area contributed by atoms with Crippen LogP contribution < -0.4 is 9.46 Å². The summed E-state index contributed by atoms with van der Waals surface area (Å²) in [5, 5.41) is 0. The van der Waals surface area contributed by atoms with E-state index in [0.29, 0.717) is 12.3 Å². The van der Waals surface area contributed by atoms with Gasteiger partial charge in [-0.15, -0.1) is 0 Å². The highest BCUT2D eigenvalue weighted by molar-refractivity contribution is 7.89. The highest BCUT2D eigenvalue weighted by Crippen LogP contribution is 2.16. The van der Waals surface area contributed by atoms with Crippen molar-refractivity contribution < 1.29 is 13.2 Å². The lowest BCUT2D eigenvalue weighted by Crippen LogP contribution is -2.27. The summed E-state index contributed by atoms with van der Waals surface area (Å²) in [7, 11) is 1.98. The molecule has 0 unspecified atom stereocenters. The molecule has 0 heterocycles. The maximum absolute atomic E-state index is 12.0. The average Bonchev–Trinajstić information content (AvgIpc) is 2.34. The Kier molecular flexibility index (Phi) is 5.58. The van der Waals surface area contributed by atoms with Crippen molar-refractivity contribution in [2.45, 2.75) is 11.3 Å². The second-order valence-corrected chi connectivity index (χ2v) is 6.00. The first-order valence-electron chi connectivity index (χ1n) is 5.74. The van der Waals surface area contributed by atoms with Crippen LogP contribution in [0, 0.1) is 0 Å². The molecule has 0 aliphatic rings. The van der Waals surface area contributed by atoms with Gasteiger partial charge in [0.25, 0.3) is 0 Å². The molecule has 6 heteroatoms. The van der Waals surface area contributed by atoms with E-state index < -0.39 is 10.0 Å². The number of rotatable bonds is 7. The lowest BCUT2D eigenvalue weighted by molar-refractivity contribution is 0.400. The highest BCUT2D eigenvalue weighted by atomic mass is 32.2. The highest BCUT2D eigenvalue weighted by Gasteiger charge is 2.13. The molecule has 1 rings (SSSR count). The minimum Gasteiger partial charge on any atom is -0.497 e. The summed E-state index contributed by atoms with van der Waals surface area (Å²) in [4.78, 5) is 2.24. The summed E-state index contributed by atoms with van der Waals surface area (Å²) in [6, 6.07) is 6.43. The lowest BCUT2D eigenvalue weighted by Gasteiger charge is -2.10. The van der Waals surface area contributed by atoms with E-state index >= 15 is 0 Å². The third kappa shape index (κ3) is 4.64. The van der Waals surface area contributed by atoms with Gasteiger partial charge in [0, 0.05) is 12.6 Å². The molecule has 0 saturated heterocycles. The quantitative estimate of drug-likeness (QED) is 0.750. The van der Waals surface area contributed by atoms with Crippen LogP contribution in [0.2, 0.25) is 0 Å². The van der Waals surface area contributed by atoms with Crippen LogP contribution in [0.3, 0.4) is 0 Å². The number of nitrogens with zero attached hydrogens (tertiary/aromatic N) is 1. The van der Waals surface area contributed by atoms with Gasteiger partial charge in [-0.25, -0.2) is 13.1 Å². The monoisotopic (exact) mass is 272 g/mol. The summed E-state index contributed by atoms with van der Waals surface area (Å²) < 4.78 is 31.5. The first-order chi connectivity index (χ1) is 8.45. The number of hydrogen-bond acceptors (Lipinski definition) is 4. The normalized spacial score (nSPS) is 11.8. The van der Waals surface area contributed by atoms with Gasteiger partial charge in [0.15, 0.2) is 0 Å². The van der Waals surface area contributed by atoms with Crippen LogP contribution >= 0.6 is 0 Å². The van der Waals surface area contributed by atoms with Crippen molar-refractivity contribution in [3.63, 3.8) is 0 Å². The van der Waals surface area contributed by atoms with Crippen LogP contribution in [0.5, 0.6) is 5.75 Å². The summed E-state index contributed by atoms with van der Waals surface area (Å²) in [5.74, 6) is 0.533. The Morgan fingerprint density at radius 3 is 2.67 bits per heavy atom. The van der Waals surface area contributed by atoms with E-state index in [1.807, 2.05) is 19.0 Å². The Morgan fingerprint density at radius 1 is 1.33 bits per heavy atom. The van der Waals surface area contributed by atoms with Crippen LogP contribution in [0.1, 0.15) is 6.42 Å². The van der Waals surface area contributed by atoms with Gasteiger partial charge in [-0.2, -0.15) is 0 Å². The van der Waals surface area contributed by atoms with Gasteiger partial charge < -0.3 is 9.64 Å². The number of hydrogen-bond donors (Lipinski definition) is 1. The zero-order valence-electron chi connectivity index (χ0n) is 11.0. The van der Waals surface area contributed by atoms with Crippen molar-refractivity contribution >= 4 is 10.0 Å². The van der Waals surface area contributed by atoms with Crippen molar-refractivity contribution in [3.8, 4) is 5.75 Å². The summed E-state index contributed by atoms with van der Waals surface area (Å²) in [6.07, 6.45) is 0.774.